The van der Waals surface area contributed by atoms with E-state index in [0.29, 0.717) is 0 Å². The molecule has 82 valence electrons. The topological polar surface area (TPSA) is 58.9 Å². The van der Waals surface area contributed by atoms with Crippen molar-refractivity contribution in [3.8, 4) is 0 Å². The van der Waals surface area contributed by atoms with Gasteiger partial charge in [0.15, 0.2) is 0 Å². The van der Waals surface area contributed by atoms with Crippen molar-refractivity contribution in [3.63, 3.8) is 0 Å². The van der Waals surface area contributed by atoms with E-state index >= 15 is 0 Å². The summed E-state index contributed by atoms with van der Waals surface area (Å²) >= 11 is 1.42. The van der Waals surface area contributed by atoms with Crippen molar-refractivity contribution < 1.29 is 5.11 Å². The molecule has 2 aromatic heterocycles. The van der Waals surface area contributed by atoms with Gasteiger partial charge in [-0.05, 0) is 30.8 Å². The number of aromatic nitrogens is 3. The lowest BCUT2D eigenvalue weighted by Crippen LogP contribution is -1.96. The third-order valence-electron chi connectivity index (χ3n) is 2.01. The van der Waals surface area contributed by atoms with Gasteiger partial charge in [-0.15, -0.1) is 0 Å². The highest BCUT2D eigenvalue weighted by Gasteiger charge is 2.10. The molecule has 0 bridgehead atoms. The van der Waals surface area contributed by atoms with Gasteiger partial charge >= 0.3 is 0 Å². The second-order valence-electron chi connectivity index (χ2n) is 3.22. The predicted molar refractivity (Wildman–Crippen MR) is 61.0 cm³/mol. The van der Waals surface area contributed by atoms with Crippen LogP contribution < -0.4 is 0 Å². The summed E-state index contributed by atoms with van der Waals surface area (Å²) in [6.45, 7) is 1.72. The summed E-state index contributed by atoms with van der Waals surface area (Å²) in [5.41, 5.74) is 0.811. The lowest BCUT2D eigenvalue weighted by molar-refractivity contribution is 0.195. The Morgan fingerprint density at radius 1 is 1.25 bits per heavy atom. The Hall–Kier alpha value is -1.46. The molecule has 0 amide bonds. The average Bonchev–Trinajstić information content (AvgIpc) is 2.31. The molecule has 5 heteroatoms. The van der Waals surface area contributed by atoms with Gasteiger partial charge < -0.3 is 5.11 Å². The molecule has 1 N–H and O–H groups in total. The van der Waals surface area contributed by atoms with Crippen LogP contribution in [0, 0.1) is 0 Å². The van der Waals surface area contributed by atoms with E-state index < -0.39 is 6.10 Å². The summed E-state index contributed by atoms with van der Waals surface area (Å²) < 4.78 is 0. The standard InChI is InChI=1S/C11H11N3OS/c1-8(15)9-3-2-5-13-11(9)16-10-4-6-12-7-14-10/h2-8,15H,1H3. The minimum absolute atomic E-state index is 0.530. The third kappa shape index (κ3) is 2.56. The maximum absolute atomic E-state index is 9.60. The van der Waals surface area contributed by atoms with Gasteiger partial charge in [-0.1, -0.05) is 6.07 Å². The summed E-state index contributed by atoms with van der Waals surface area (Å²) in [6, 6.07) is 5.48. The highest BCUT2D eigenvalue weighted by atomic mass is 32.2. The fraction of sp³-hybridized carbons (Fsp3) is 0.182. The van der Waals surface area contributed by atoms with E-state index in [1.165, 1.54) is 18.1 Å². The molecule has 0 saturated heterocycles. The number of hydrogen-bond donors (Lipinski definition) is 1. The Balaban J connectivity index is 2.28. The van der Waals surface area contributed by atoms with Gasteiger partial charge in [0, 0.05) is 18.0 Å². The normalized spacial score (nSPS) is 12.4. The molecule has 2 rings (SSSR count). The maximum Gasteiger partial charge on any atom is 0.116 e. The van der Waals surface area contributed by atoms with Crippen molar-refractivity contribution in [2.45, 2.75) is 23.1 Å². The van der Waals surface area contributed by atoms with Crippen molar-refractivity contribution in [2.24, 2.45) is 0 Å². The van der Waals surface area contributed by atoms with Gasteiger partial charge in [0.2, 0.25) is 0 Å². The van der Waals surface area contributed by atoms with E-state index in [0.717, 1.165) is 15.6 Å². The molecule has 0 spiro atoms. The summed E-state index contributed by atoms with van der Waals surface area (Å²) in [4.78, 5) is 12.2. The average molecular weight is 233 g/mol. The van der Waals surface area contributed by atoms with Crippen LogP contribution in [0.5, 0.6) is 0 Å². The van der Waals surface area contributed by atoms with Gasteiger partial charge in [-0.3, -0.25) is 0 Å². The monoisotopic (exact) mass is 233 g/mol. The van der Waals surface area contributed by atoms with Crippen LogP contribution >= 0.6 is 11.8 Å². The fourth-order valence-corrected chi connectivity index (χ4v) is 2.14. The Morgan fingerprint density at radius 3 is 2.81 bits per heavy atom. The molecule has 0 aliphatic carbocycles. The van der Waals surface area contributed by atoms with Gasteiger partial charge in [-0.2, -0.15) is 0 Å². The van der Waals surface area contributed by atoms with Crippen molar-refractivity contribution in [3.05, 3.63) is 42.5 Å². The lowest BCUT2D eigenvalue weighted by atomic mass is 10.2. The van der Waals surface area contributed by atoms with E-state index in [-0.39, 0.29) is 0 Å². The van der Waals surface area contributed by atoms with E-state index in [4.69, 9.17) is 0 Å². The molecule has 0 fully saturated rings. The summed E-state index contributed by atoms with van der Waals surface area (Å²) in [7, 11) is 0. The number of aliphatic hydroxyl groups is 1. The molecule has 0 aromatic carbocycles. The zero-order chi connectivity index (χ0) is 11.4. The van der Waals surface area contributed by atoms with Crippen molar-refractivity contribution in [2.75, 3.05) is 0 Å². The molecule has 2 aromatic rings. The summed E-state index contributed by atoms with van der Waals surface area (Å²) in [5.74, 6) is 0. The molecular formula is C11H11N3OS. The molecule has 0 saturated carbocycles. The second kappa shape index (κ2) is 5.05. The van der Waals surface area contributed by atoms with E-state index in [9.17, 15) is 5.11 Å². The van der Waals surface area contributed by atoms with Crippen LogP contribution in [0.15, 0.2) is 47.0 Å². The SMILES string of the molecule is CC(O)c1cccnc1Sc1ccncn1. The molecule has 16 heavy (non-hydrogen) atoms. The molecule has 4 nitrogen and oxygen atoms in total. The highest BCUT2D eigenvalue weighted by molar-refractivity contribution is 7.99. The highest BCUT2D eigenvalue weighted by Crippen LogP contribution is 2.29. The van der Waals surface area contributed by atoms with Crippen LogP contribution in [0.25, 0.3) is 0 Å². The largest absolute Gasteiger partial charge is 0.389 e. The Morgan fingerprint density at radius 2 is 2.12 bits per heavy atom. The van der Waals surface area contributed by atoms with Gasteiger partial charge in [0.1, 0.15) is 16.4 Å². The number of aliphatic hydroxyl groups excluding tert-OH is 1. The van der Waals surface area contributed by atoms with Crippen molar-refractivity contribution in [1.82, 2.24) is 15.0 Å². The first-order valence-corrected chi connectivity index (χ1v) is 5.66. The van der Waals surface area contributed by atoms with Crippen LogP contribution in [-0.2, 0) is 0 Å². The summed E-state index contributed by atoms with van der Waals surface area (Å²) in [6.07, 6.45) is 4.35. The van der Waals surface area contributed by atoms with Crippen LogP contribution in [0.4, 0.5) is 0 Å². The summed E-state index contributed by atoms with van der Waals surface area (Å²) in [5, 5.41) is 11.2. The first-order valence-electron chi connectivity index (χ1n) is 4.84. The first kappa shape index (κ1) is 11.0. The Labute approximate surface area is 97.8 Å². The molecule has 1 unspecified atom stereocenters. The zero-order valence-corrected chi connectivity index (χ0v) is 9.56. The second-order valence-corrected chi connectivity index (χ2v) is 4.23. The van der Waals surface area contributed by atoms with E-state index in [1.54, 1.807) is 19.3 Å². The molecule has 0 aliphatic rings. The number of rotatable bonds is 3. The van der Waals surface area contributed by atoms with Gasteiger partial charge in [0.25, 0.3) is 0 Å². The molecular weight excluding hydrogens is 222 g/mol. The Kier molecular flexibility index (Phi) is 3.48. The maximum atomic E-state index is 9.60. The third-order valence-corrected chi connectivity index (χ3v) is 2.99. The zero-order valence-electron chi connectivity index (χ0n) is 8.74. The smallest absolute Gasteiger partial charge is 0.116 e. The molecule has 0 radical (unpaired) electrons. The molecule has 1 atom stereocenters. The van der Waals surface area contributed by atoms with Crippen LogP contribution in [0.3, 0.4) is 0 Å². The van der Waals surface area contributed by atoms with E-state index in [2.05, 4.69) is 15.0 Å². The number of nitrogens with zero attached hydrogens (tertiary/aromatic N) is 3. The minimum Gasteiger partial charge on any atom is -0.389 e. The minimum atomic E-state index is -0.530. The number of pyridine rings is 1. The first-order chi connectivity index (χ1) is 7.77. The van der Waals surface area contributed by atoms with E-state index in [1.807, 2.05) is 18.2 Å². The molecule has 0 aliphatic heterocycles. The number of hydrogen-bond acceptors (Lipinski definition) is 5. The van der Waals surface area contributed by atoms with Crippen LogP contribution in [0.1, 0.15) is 18.6 Å². The van der Waals surface area contributed by atoms with Crippen LogP contribution in [-0.4, -0.2) is 20.1 Å². The quantitative estimate of drug-likeness (QED) is 0.822. The van der Waals surface area contributed by atoms with Gasteiger partial charge in [0.05, 0.1) is 6.10 Å². The fourth-order valence-electron chi connectivity index (χ4n) is 1.24. The lowest BCUT2D eigenvalue weighted by Gasteiger charge is -2.09. The van der Waals surface area contributed by atoms with Crippen LogP contribution in [0.2, 0.25) is 0 Å². The van der Waals surface area contributed by atoms with Crippen molar-refractivity contribution in [1.29, 1.82) is 0 Å². The Bertz CT molecular complexity index is 462. The predicted octanol–water partition coefficient (Wildman–Crippen LogP) is 2.08. The van der Waals surface area contributed by atoms with Crippen molar-refractivity contribution >= 4 is 11.8 Å². The van der Waals surface area contributed by atoms with Gasteiger partial charge in [-0.25, -0.2) is 15.0 Å². The molecule has 2 heterocycles.